The predicted octanol–water partition coefficient (Wildman–Crippen LogP) is 0.440. The summed E-state index contributed by atoms with van der Waals surface area (Å²) in [6, 6.07) is 9.43. The maximum absolute atomic E-state index is 11.4. The summed E-state index contributed by atoms with van der Waals surface area (Å²) in [7, 11) is 0. The van der Waals surface area contributed by atoms with Gasteiger partial charge in [0.1, 0.15) is 0 Å². The maximum Gasteiger partial charge on any atom is 0.234 e. The van der Waals surface area contributed by atoms with Crippen LogP contribution in [0.1, 0.15) is 17.2 Å². The molecule has 2 atom stereocenters. The van der Waals surface area contributed by atoms with E-state index >= 15 is 0 Å². The molecule has 1 aromatic carbocycles. The molecule has 2 heterocycles. The van der Waals surface area contributed by atoms with Crippen LogP contribution in [0.25, 0.3) is 0 Å². The van der Waals surface area contributed by atoms with Gasteiger partial charge in [-0.25, -0.2) is 0 Å². The average molecular weight is 245 g/mol. The van der Waals surface area contributed by atoms with Gasteiger partial charge in [-0.05, 0) is 12.5 Å². The number of carbonyl (C=O) groups excluding carboxylic acids is 1. The molecular formula is C14H19N3O. The number of hydrogen-bond donors (Lipinski definition) is 2. The van der Waals surface area contributed by atoms with Crippen LogP contribution in [0.15, 0.2) is 24.3 Å². The van der Waals surface area contributed by atoms with Gasteiger partial charge in [0.25, 0.3) is 0 Å². The van der Waals surface area contributed by atoms with Crippen LogP contribution in [-0.4, -0.2) is 43.0 Å². The quantitative estimate of drug-likeness (QED) is 0.754. The number of rotatable bonds is 1. The van der Waals surface area contributed by atoms with Gasteiger partial charge < -0.3 is 10.6 Å². The van der Waals surface area contributed by atoms with Crippen molar-refractivity contribution in [2.24, 2.45) is 0 Å². The molecule has 0 aromatic heterocycles. The van der Waals surface area contributed by atoms with Crippen LogP contribution in [-0.2, 0) is 4.79 Å². The summed E-state index contributed by atoms with van der Waals surface area (Å²) in [6.07, 6.45) is 0. The van der Waals surface area contributed by atoms with Gasteiger partial charge in [0.2, 0.25) is 5.91 Å². The third-order valence-corrected chi connectivity index (χ3v) is 3.89. The van der Waals surface area contributed by atoms with E-state index in [-0.39, 0.29) is 5.91 Å². The molecule has 18 heavy (non-hydrogen) atoms. The minimum atomic E-state index is 0.149. The van der Waals surface area contributed by atoms with Crippen molar-refractivity contribution in [1.82, 2.24) is 15.5 Å². The Balaban J connectivity index is 1.72. The lowest BCUT2D eigenvalue weighted by atomic mass is 9.99. The Kier molecular flexibility index (Phi) is 3.06. The first-order chi connectivity index (χ1) is 8.72. The molecular weight excluding hydrogens is 226 g/mol. The van der Waals surface area contributed by atoms with E-state index in [2.05, 4.69) is 46.7 Å². The van der Waals surface area contributed by atoms with Gasteiger partial charge >= 0.3 is 0 Å². The van der Waals surface area contributed by atoms with Crippen molar-refractivity contribution >= 4 is 5.91 Å². The molecule has 0 bridgehead atoms. The van der Waals surface area contributed by atoms with E-state index < -0.39 is 0 Å². The van der Waals surface area contributed by atoms with Crippen LogP contribution in [0.3, 0.4) is 0 Å². The number of hydrogen-bond acceptors (Lipinski definition) is 3. The number of benzene rings is 1. The van der Waals surface area contributed by atoms with Crippen LogP contribution < -0.4 is 10.6 Å². The molecule has 0 aliphatic carbocycles. The van der Waals surface area contributed by atoms with E-state index in [0.29, 0.717) is 18.6 Å². The second-order valence-electron chi connectivity index (χ2n) is 5.26. The Labute approximate surface area is 107 Å². The van der Waals surface area contributed by atoms with Crippen molar-refractivity contribution in [3.05, 3.63) is 35.4 Å². The lowest BCUT2D eigenvalue weighted by molar-refractivity contribution is -0.126. The zero-order valence-electron chi connectivity index (χ0n) is 10.6. The number of aryl methyl sites for hydroxylation is 1. The number of nitrogens with one attached hydrogen (secondary N) is 2. The molecule has 2 saturated heterocycles. The molecule has 2 fully saturated rings. The number of nitrogens with zero attached hydrogens (tertiary/aromatic N) is 1. The van der Waals surface area contributed by atoms with Crippen molar-refractivity contribution in [2.75, 3.05) is 26.2 Å². The Hall–Kier alpha value is -1.39. The molecule has 2 aliphatic heterocycles. The summed E-state index contributed by atoms with van der Waals surface area (Å²) in [5, 5.41) is 6.50. The summed E-state index contributed by atoms with van der Waals surface area (Å²) >= 11 is 0. The van der Waals surface area contributed by atoms with E-state index in [4.69, 9.17) is 0 Å². The first-order valence-electron chi connectivity index (χ1n) is 6.53. The Morgan fingerprint density at radius 3 is 2.78 bits per heavy atom. The van der Waals surface area contributed by atoms with E-state index in [9.17, 15) is 4.79 Å². The first kappa shape index (κ1) is 11.7. The van der Waals surface area contributed by atoms with Gasteiger partial charge in [-0.3, -0.25) is 9.69 Å². The SMILES string of the molecule is Cc1ccc(C2CN3CC(=O)NCC3CN2)cc1. The summed E-state index contributed by atoms with van der Waals surface area (Å²) < 4.78 is 0. The highest BCUT2D eigenvalue weighted by Gasteiger charge is 2.32. The molecule has 0 spiro atoms. The Bertz CT molecular complexity index is 443. The number of carbonyl (C=O) groups is 1. The number of fused-ring (bicyclic) bond motifs is 1. The molecule has 96 valence electrons. The number of piperazine rings is 2. The monoisotopic (exact) mass is 245 g/mol. The lowest BCUT2D eigenvalue weighted by Gasteiger charge is -2.42. The predicted molar refractivity (Wildman–Crippen MR) is 70.3 cm³/mol. The molecule has 1 aromatic rings. The van der Waals surface area contributed by atoms with Crippen LogP contribution in [0.5, 0.6) is 0 Å². The summed E-state index contributed by atoms with van der Waals surface area (Å²) in [4.78, 5) is 13.7. The molecule has 4 nitrogen and oxygen atoms in total. The highest BCUT2D eigenvalue weighted by atomic mass is 16.2. The highest BCUT2D eigenvalue weighted by molar-refractivity contribution is 5.78. The molecule has 2 N–H and O–H groups in total. The van der Waals surface area contributed by atoms with E-state index in [1.807, 2.05) is 0 Å². The Morgan fingerprint density at radius 1 is 1.22 bits per heavy atom. The van der Waals surface area contributed by atoms with Crippen molar-refractivity contribution in [1.29, 1.82) is 0 Å². The molecule has 2 unspecified atom stereocenters. The van der Waals surface area contributed by atoms with Crippen LogP contribution in [0, 0.1) is 6.92 Å². The average Bonchev–Trinajstić information content (AvgIpc) is 2.38. The summed E-state index contributed by atoms with van der Waals surface area (Å²) in [5.74, 6) is 0.149. The zero-order valence-corrected chi connectivity index (χ0v) is 10.6. The Morgan fingerprint density at radius 2 is 2.00 bits per heavy atom. The maximum atomic E-state index is 11.4. The standard InChI is InChI=1S/C14H19N3O/c1-10-2-4-11(5-3-10)13-8-17-9-14(18)16-7-12(17)6-15-13/h2-5,12-13,15H,6-9H2,1H3,(H,16,18). The van der Waals surface area contributed by atoms with E-state index in [0.717, 1.165) is 19.6 Å². The lowest BCUT2D eigenvalue weighted by Crippen LogP contribution is -2.62. The fourth-order valence-corrected chi connectivity index (χ4v) is 2.74. The largest absolute Gasteiger partial charge is 0.353 e. The fraction of sp³-hybridized carbons (Fsp3) is 0.500. The molecule has 4 heteroatoms. The third kappa shape index (κ3) is 2.26. The van der Waals surface area contributed by atoms with Crippen LogP contribution in [0.4, 0.5) is 0 Å². The number of amides is 1. The normalized spacial score (nSPS) is 28.6. The molecule has 3 rings (SSSR count). The van der Waals surface area contributed by atoms with Gasteiger partial charge in [-0.2, -0.15) is 0 Å². The van der Waals surface area contributed by atoms with Crippen molar-refractivity contribution in [3.8, 4) is 0 Å². The van der Waals surface area contributed by atoms with Crippen LogP contribution >= 0.6 is 0 Å². The van der Waals surface area contributed by atoms with Crippen molar-refractivity contribution < 1.29 is 4.79 Å². The highest BCUT2D eigenvalue weighted by Crippen LogP contribution is 2.21. The second-order valence-corrected chi connectivity index (χ2v) is 5.26. The molecule has 0 radical (unpaired) electrons. The third-order valence-electron chi connectivity index (χ3n) is 3.89. The van der Waals surface area contributed by atoms with Gasteiger partial charge in [-0.1, -0.05) is 29.8 Å². The minimum absolute atomic E-state index is 0.149. The van der Waals surface area contributed by atoms with Gasteiger partial charge in [0, 0.05) is 31.7 Å². The molecule has 0 saturated carbocycles. The van der Waals surface area contributed by atoms with Crippen molar-refractivity contribution in [2.45, 2.75) is 19.0 Å². The fourth-order valence-electron chi connectivity index (χ4n) is 2.74. The van der Waals surface area contributed by atoms with Gasteiger partial charge in [-0.15, -0.1) is 0 Å². The zero-order chi connectivity index (χ0) is 12.5. The smallest absolute Gasteiger partial charge is 0.234 e. The van der Waals surface area contributed by atoms with Gasteiger partial charge in [0.05, 0.1) is 6.54 Å². The minimum Gasteiger partial charge on any atom is -0.353 e. The van der Waals surface area contributed by atoms with E-state index in [1.165, 1.54) is 11.1 Å². The second kappa shape index (κ2) is 4.71. The van der Waals surface area contributed by atoms with Crippen molar-refractivity contribution in [3.63, 3.8) is 0 Å². The summed E-state index contributed by atoms with van der Waals surface area (Å²) in [5.41, 5.74) is 2.59. The molecule has 2 aliphatic rings. The summed E-state index contributed by atoms with van der Waals surface area (Å²) in [6.45, 7) is 5.27. The topological polar surface area (TPSA) is 44.4 Å². The molecule has 1 amide bonds. The van der Waals surface area contributed by atoms with E-state index in [1.54, 1.807) is 0 Å². The first-order valence-corrected chi connectivity index (χ1v) is 6.53. The van der Waals surface area contributed by atoms with Gasteiger partial charge in [0.15, 0.2) is 0 Å². The van der Waals surface area contributed by atoms with Crippen LogP contribution in [0.2, 0.25) is 0 Å².